The van der Waals surface area contributed by atoms with Crippen molar-refractivity contribution in [3.05, 3.63) is 82.6 Å². The van der Waals surface area contributed by atoms with E-state index in [0.29, 0.717) is 50.2 Å². The Morgan fingerprint density at radius 1 is 1.05 bits per heavy atom. The van der Waals surface area contributed by atoms with E-state index in [4.69, 9.17) is 14.2 Å². The number of likely N-dealkylation sites (N-methyl/N-ethyl adjacent to an activating group) is 1. The van der Waals surface area contributed by atoms with E-state index in [1.807, 2.05) is 43.1 Å². The Morgan fingerprint density at radius 2 is 1.84 bits per heavy atom. The van der Waals surface area contributed by atoms with Gasteiger partial charge in [-0.3, -0.25) is 19.4 Å². The number of Topliss-reactive ketones (excluding diaryl/α,β-unsaturated/α-hetero) is 1. The monoisotopic (exact) mass is 778 g/mol. The Bertz CT molecular complexity index is 2250. The Morgan fingerprint density at radius 3 is 2.54 bits per heavy atom. The van der Waals surface area contributed by atoms with E-state index >= 15 is 4.79 Å². The lowest BCUT2D eigenvalue weighted by molar-refractivity contribution is -0.228. The van der Waals surface area contributed by atoms with Crippen LogP contribution in [-0.2, 0) is 41.2 Å². The van der Waals surface area contributed by atoms with Crippen LogP contribution in [0.15, 0.2) is 60.2 Å². The number of aliphatic hydroxyl groups excluding tert-OH is 1. The number of hydrogen-bond acceptors (Lipinski definition) is 11. The number of aliphatic hydroxyl groups is 2. The molecule has 6 aliphatic rings. The Labute approximate surface area is 333 Å². The number of esters is 2. The van der Waals surface area contributed by atoms with Crippen LogP contribution in [0, 0.1) is 11.3 Å². The molecule has 6 heterocycles. The number of aromatic amines is 1. The first-order chi connectivity index (χ1) is 27.4. The van der Waals surface area contributed by atoms with Crippen LogP contribution in [0.1, 0.15) is 68.8 Å². The number of rotatable bonds is 8. The minimum atomic E-state index is -2.29. The molecule has 2 bridgehead atoms. The number of para-hydroxylation sites is 1. The molecule has 3 aromatic rings. The highest BCUT2D eigenvalue weighted by atomic mass is 16.6. The lowest BCUT2D eigenvalue weighted by Gasteiger charge is -2.63. The van der Waals surface area contributed by atoms with Gasteiger partial charge in [0, 0.05) is 90.9 Å². The second-order valence-corrected chi connectivity index (χ2v) is 17.3. The standard InChI is InChI=1S/C45H54N4O8/c1-7-27-18-28-21-44(36(52)25-50,37-30(24-48(22-27)23-28)29-12-9-10-13-33(29)46-37)32-19-31-34(20-35(32)55-5)47(4)39-43(31)15-17-49-16-11-14-42(8-2,38(43)49)40(57-26(3)51)45(39,54)41(53)56-6/h9-14,18-20,28,38-40,46,50,54H,7-8,15-17,21-25H2,1-6H3/t28-,38-,39+,40+,42-,43?,44+,45-/m0/s1. The number of benzene rings is 2. The molecule has 57 heavy (non-hydrogen) atoms. The van der Waals surface area contributed by atoms with E-state index in [2.05, 4.69) is 52.1 Å². The number of ether oxygens (including phenoxy) is 3. The molecule has 12 heteroatoms. The number of anilines is 1. The molecule has 5 aliphatic heterocycles. The quantitative estimate of drug-likeness (QED) is 0.224. The molecule has 1 saturated heterocycles. The fourth-order valence-corrected chi connectivity index (χ4v) is 12.9. The zero-order valence-electron chi connectivity index (χ0n) is 33.8. The van der Waals surface area contributed by atoms with Crippen molar-refractivity contribution in [3.8, 4) is 5.75 Å². The Hall–Kier alpha value is -4.49. The number of ketones is 1. The second kappa shape index (κ2) is 13.3. The Kier molecular flexibility index (Phi) is 8.86. The maximum absolute atomic E-state index is 15.1. The largest absolute Gasteiger partial charge is 0.496 e. The van der Waals surface area contributed by atoms with Crippen molar-refractivity contribution in [1.29, 1.82) is 0 Å². The van der Waals surface area contributed by atoms with E-state index in [-0.39, 0.29) is 17.7 Å². The predicted molar refractivity (Wildman–Crippen MR) is 214 cm³/mol. The van der Waals surface area contributed by atoms with Gasteiger partial charge in [0.25, 0.3) is 0 Å². The third-order valence-electron chi connectivity index (χ3n) is 14.8. The van der Waals surface area contributed by atoms with Crippen LogP contribution in [0.5, 0.6) is 5.75 Å². The molecule has 12 nitrogen and oxygen atoms in total. The number of fused-ring (bicyclic) bond motifs is 6. The van der Waals surface area contributed by atoms with Crippen molar-refractivity contribution in [3.63, 3.8) is 0 Å². The predicted octanol–water partition coefficient (Wildman–Crippen LogP) is 4.14. The maximum Gasteiger partial charge on any atom is 0.344 e. The van der Waals surface area contributed by atoms with Gasteiger partial charge < -0.3 is 34.3 Å². The number of aromatic nitrogens is 1. The number of hydrogen-bond donors (Lipinski definition) is 3. The molecule has 0 amide bonds. The summed E-state index contributed by atoms with van der Waals surface area (Å²) in [6, 6.07) is 11.0. The average molecular weight is 779 g/mol. The van der Waals surface area contributed by atoms with E-state index in [0.717, 1.165) is 52.9 Å². The van der Waals surface area contributed by atoms with Crippen molar-refractivity contribution < 1.29 is 38.8 Å². The van der Waals surface area contributed by atoms with E-state index in [1.54, 1.807) is 7.11 Å². The fourth-order valence-electron chi connectivity index (χ4n) is 12.9. The van der Waals surface area contributed by atoms with Crippen molar-refractivity contribution >= 4 is 34.3 Å². The molecule has 1 aliphatic carbocycles. The average Bonchev–Trinajstić information content (AvgIpc) is 3.87. The van der Waals surface area contributed by atoms with Gasteiger partial charge in [-0.25, -0.2) is 4.79 Å². The molecule has 0 radical (unpaired) electrons. The summed E-state index contributed by atoms with van der Waals surface area (Å²) in [5, 5.41) is 25.4. The number of H-pyrrole nitrogens is 1. The van der Waals surface area contributed by atoms with Gasteiger partial charge in [0.2, 0.25) is 5.60 Å². The third-order valence-corrected chi connectivity index (χ3v) is 14.8. The fraction of sp³-hybridized carbons (Fsp3) is 0.533. The van der Waals surface area contributed by atoms with Gasteiger partial charge in [-0.1, -0.05) is 55.8 Å². The van der Waals surface area contributed by atoms with Gasteiger partial charge in [-0.15, -0.1) is 0 Å². The second-order valence-electron chi connectivity index (χ2n) is 17.3. The first-order valence-electron chi connectivity index (χ1n) is 20.4. The first-order valence-corrected chi connectivity index (χ1v) is 20.4. The summed E-state index contributed by atoms with van der Waals surface area (Å²) in [5.41, 5.74) is 0.771. The van der Waals surface area contributed by atoms with Crippen LogP contribution in [0.4, 0.5) is 5.69 Å². The third kappa shape index (κ3) is 4.84. The summed E-state index contributed by atoms with van der Waals surface area (Å²) in [6.07, 6.45) is 7.52. The van der Waals surface area contributed by atoms with Gasteiger partial charge in [0.1, 0.15) is 17.8 Å². The van der Waals surface area contributed by atoms with Crippen LogP contribution < -0.4 is 9.64 Å². The minimum Gasteiger partial charge on any atom is -0.496 e. The zero-order chi connectivity index (χ0) is 40.2. The highest BCUT2D eigenvalue weighted by Crippen LogP contribution is 2.68. The molecule has 1 aromatic heterocycles. The number of nitrogens with one attached hydrogen (secondary N) is 1. The molecule has 1 spiro atoms. The van der Waals surface area contributed by atoms with E-state index < -0.39 is 52.5 Å². The lowest BCUT2D eigenvalue weighted by atomic mass is 9.47. The number of carbonyl (C=O) groups is 3. The van der Waals surface area contributed by atoms with Gasteiger partial charge >= 0.3 is 11.9 Å². The van der Waals surface area contributed by atoms with Gasteiger partial charge in [-0.05, 0) is 61.4 Å². The van der Waals surface area contributed by atoms with E-state index in [1.165, 1.54) is 19.6 Å². The SMILES string of the molecule is CCC1=C[C@@H]2CN(C1)Cc1c([nH]c3ccccc13)[C@@](C(=O)CO)(c1cc3c(cc1OC)N(C)[C@@H]1C34CCN3CC=C[C@@](CC)([C@H]34)[C@@H](OC(C)=O)[C@]1(O)C(=O)OC)C2. The molecule has 2 fully saturated rings. The van der Waals surface area contributed by atoms with Crippen molar-refractivity contribution in [2.75, 3.05) is 59.0 Å². The smallest absolute Gasteiger partial charge is 0.344 e. The van der Waals surface area contributed by atoms with Crippen molar-refractivity contribution in [2.45, 2.75) is 87.6 Å². The lowest BCUT2D eigenvalue weighted by Crippen LogP contribution is -2.81. The van der Waals surface area contributed by atoms with Crippen molar-refractivity contribution in [2.24, 2.45) is 11.3 Å². The molecule has 2 unspecified atom stereocenters. The molecular weight excluding hydrogens is 725 g/mol. The number of nitrogens with zero attached hydrogens (tertiary/aromatic N) is 3. The minimum absolute atomic E-state index is 0.00270. The van der Waals surface area contributed by atoms with Crippen LogP contribution in [0.2, 0.25) is 0 Å². The zero-order valence-corrected chi connectivity index (χ0v) is 33.8. The van der Waals surface area contributed by atoms with Gasteiger partial charge in [0.05, 0.1) is 20.3 Å². The van der Waals surface area contributed by atoms with Crippen LogP contribution in [-0.4, -0.2) is 121 Å². The molecular formula is C45H54N4O8. The number of methoxy groups -OCH3 is 2. The van der Waals surface area contributed by atoms with Crippen LogP contribution in [0.25, 0.3) is 10.9 Å². The van der Waals surface area contributed by atoms with Crippen LogP contribution >= 0.6 is 0 Å². The summed E-state index contributed by atoms with van der Waals surface area (Å²) in [6.45, 7) is 8.37. The molecule has 3 N–H and O–H groups in total. The molecule has 302 valence electrons. The summed E-state index contributed by atoms with van der Waals surface area (Å²) >= 11 is 0. The number of carbonyl (C=O) groups excluding carboxylic acids is 3. The molecule has 9 atom stereocenters. The normalized spacial score (nSPS) is 35.0. The summed E-state index contributed by atoms with van der Waals surface area (Å²) < 4.78 is 17.9. The van der Waals surface area contributed by atoms with E-state index in [9.17, 15) is 19.8 Å². The molecule has 9 rings (SSSR count). The maximum atomic E-state index is 15.1. The molecule has 2 aromatic carbocycles. The van der Waals surface area contributed by atoms with Crippen LogP contribution in [0.3, 0.4) is 0 Å². The molecule has 1 saturated carbocycles. The van der Waals surface area contributed by atoms with Gasteiger partial charge in [0.15, 0.2) is 11.9 Å². The Balaban J connectivity index is 1.37. The summed E-state index contributed by atoms with van der Waals surface area (Å²) in [4.78, 5) is 53.0. The van der Waals surface area contributed by atoms with Crippen molar-refractivity contribution in [1.82, 2.24) is 14.8 Å². The highest BCUT2D eigenvalue weighted by Gasteiger charge is 2.80. The van der Waals surface area contributed by atoms with Gasteiger partial charge in [-0.2, -0.15) is 0 Å². The topological polar surface area (TPSA) is 145 Å². The summed E-state index contributed by atoms with van der Waals surface area (Å²) in [7, 11) is 4.72. The highest BCUT2D eigenvalue weighted by molar-refractivity contribution is 5.99. The first kappa shape index (κ1) is 38.1. The summed E-state index contributed by atoms with van der Waals surface area (Å²) in [5.74, 6) is -1.34.